The smallest absolute Gasteiger partial charge is 0.0628 e. The highest BCUT2D eigenvalue weighted by atomic mass is 35.5. The minimum Gasteiger partial charge on any atom is -0.117 e. The second-order valence-corrected chi connectivity index (χ2v) is 6.12. The van der Waals surface area contributed by atoms with Crippen LogP contribution < -0.4 is 0 Å². The van der Waals surface area contributed by atoms with Crippen molar-refractivity contribution in [2.75, 3.05) is 0 Å². The molecular formula is C16H15Cl3. The van der Waals surface area contributed by atoms with Crippen LogP contribution in [-0.4, -0.2) is 0 Å². The van der Waals surface area contributed by atoms with Crippen LogP contribution in [0.25, 0.3) is 0 Å². The van der Waals surface area contributed by atoms with E-state index in [-0.39, 0.29) is 5.38 Å². The van der Waals surface area contributed by atoms with Crippen molar-refractivity contribution < 1.29 is 0 Å². The third-order valence-corrected chi connectivity index (χ3v) is 4.29. The average molecular weight is 314 g/mol. The highest BCUT2D eigenvalue weighted by Crippen LogP contribution is 2.30. The molecule has 0 aliphatic rings. The summed E-state index contributed by atoms with van der Waals surface area (Å²) in [4.78, 5) is 0. The molecule has 0 bridgehead atoms. The summed E-state index contributed by atoms with van der Waals surface area (Å²) in [6.07, 6.45) is 0.738. The first kappa shape index (κ1) is 14.7. The lowest BCUT2D eigenvalue weighted by atomic mass is 9.98. The Labute approximate surface area is 129 Å². The maximum absolute atomic E-state index is 6.51. The molecule has 2 rings (SSSR count). The van der Waals surface area contributed by atoms with E-state index >= 15 is 0 Å². The van der Waals surface area contributed by atoms with E-state index in [9.17, 15) is 0 Å². The van der Waals surface area contributed by atoms with Crippen LogP contribution in [0.15, 0.2) is 36.4 Å². The molecule has 19 heavy (non-hydrogen) atoms. The van der Waals surface area contributed by atoms with Crippen LogP contribution in [0.5, 0.6) is 0 Å². The molecule has 0 aliphatic heterocycles. The fourth-order valence-corrected chi connectivity index (χ4v) is 2.90. The van der Waals surface area contributed by atoms with Crippen LogP contribution >= 0.6 is 34.8 Å². The predicted molar refractivity (Wildman–Crippen MR) is 84.7 cm³/mol. The van der Waals surface area contributed by atoms with Crippen molar-refractivity contribution in [2.24, 2.45) is 0 Å². The zero-order valence-electron chi connectivity index (χ0n) is 10.9. The molecule has 2 aromatic carbocycles. The number of hydrogen-bond donors (Lipinski definition) is 0. The first-order valence-corrected chi connectivity index (χ1v) is 7.32. The van der Waals surface area contributed by atoms with Crippen LogP contribution in [0, 0.1) is 13.8 Å². The summed E-state index contributed by atoms with van der Waals surface area (Å²) in [6.45, 7) is 4.17. The van der Waals surface area contributed by atoms with Crippen molar-refractivity contribution in [1.82, 2.24) is 0 Å². The number of halogens is 3. The molecule has 0 radical (unpaired) electrons. The largest absolute Gasteiger partial charge is 0.117 e. The first-order chi connectivity index (χ1) is 8.97. The number of aryl methyl sites for hydroxylation is 2. The van der Waals surface area contributed by atoms with Crippen LogP contribution in [0.2, 0.25) is 10.0 Å². The van der Waals surface area contributed by atoms with Crippen LogP contribution in [0.1, 0.15) is 27.6 Å². The molecule has 0 N–H and O–H groups in total. The Hall–Kier alpha value is -0.690. The minimum atomic E-state index is -0.0576. The third kappa shape index (κ3) is 3.66. The average Bonchev–Trinajstić information content (AvgIpc) is 2.33. The number of hydrogen-bond acceptors (Lipinski definition) is 0. The summed E-state index contributed by atoms with van der Waals surface area (Å²) < 4.78 is 0. The zero-order valence-corrected chi connectivity index (χ0v) is 13.2. The standard InChI is InChI=1S/C16H15Cl3/c1-10-3-5-13(11(2)7-10)15(18)8-12-4-6-14(17)16(19)9-12/h3-7,9,15H,8H2,1-2H3. The molecule has 0 spiro atoms. The van der Waals surface area contributed by atoms with Gasteiger partial charge in [-0.25, -0.2) is 0 Å². The van der Waals surface area contributed by atoms with Gasteiger partial charge in [-0.2, -0.15) is 0 Å². The van der Waals surface area contributed by atoms with Crippen LogP contribution in [-0.2, 0) is 6.42 Å². The Morgan fingerprint density at radius 1 is 0.947 bits per heavy atom. The van der Waals surface area contributed by atoms with Gasteiger partial charge in [-0.15, -0.1) is 11.6 Å². The van der Waals surface area contributed by atoms with Gasteiger partial charge in [-0.1, -0.05) is 53.0 Å². The van der Waals surface area contributed by atoms with Gasteiger partial charge in [-0.05, 0) is 49.1 Å². The molecule has 0 heterocycles. The molecule has 1 unspecified atom stereocenters. The number of benzene rings is 2. The summed E-state index contributed by atoms with van der Waals surface area (Å²) in [5, 5.41) is 1.09. The highest BCUT2D eigenvalue weighted by Gasteiger charge is 2.12. The minimum absolute atomic E-state index is 0.0576. The lowest BCUT2D eigenvalue weighted by Gasteiger charge is -2.14. The normalized spacial score (nSPS) is 12.5. The van der Waals surface area contributed by atoms with E-state index in [2.05, 4.69) is 32.0 Å². The van der Waals surface area contributed by atoms with Gasteiger partial charge in [0.2, 0.25) is 0 Å². The Kier molecular flexibility index (Phi) is 4.78. The van der Waals surface area contributed by atoms with E-state index in [4.69, 9.17) is 34.8 Å². The Balaban J connectivity index is 2.20. The maximum atomic E-state index is 6.51. The van der Waals surface area contributed by atoms with E-state index in [0.717, 1.165) is 12.0 Å². The molecule has 0 fully saturated rings. The van der Waals surface area contributed by atoms with Crippen molar-refractivity contribution in [1.29, 1.82) is 0 Å². The van der Waals surface area contributed by atoms with E-state index in [0.29, 0.717) is 10.0 Å². The first-order valence-electron chi connectivity index (χ1n) is 6.12. The number of alkyl halides is 1. The fraction of sp³-hybridized carbons (Fsp3) is 0.250. The summed E-state index contributed by atoms with van der Waals surface area (Å²) in [7, 11) is 0. The van der Waals surface area contributed by atoms with Gasteiger partial charge < -0.3 is 0 Å². The molecule has 0 saturated carbocycles. The molecule has 100 valence electrons. The molecular weight excluding hydrogens is 299 g/mol. The molecule has 1 atom stereocenters. The molecule has 0 saturated heterocycles. The maximum Gasteiger partial charge on any atom is 0.0628 e. The van der Waals surface area contributed by atoms with Gasteiger partial charge in [0.05, 0.1) is 15.4 Å². The molecule has 0 aromatic heterocycles. The Morgan fingerprint density at radius 2 is 1.68 bits per heavy atom. The van der Waals surface area contributed by atoms with Gasteiger partial charge in [0, 0.05) is 0 Å². The summed E-state index contributed by atoms with van der Waals surface area (Å²) in [6, 6.07) is 12.0. The SMILES string of the molecule is Cc1ccc(C(Cl)Cc2ccc(Cl)c(Cl)c2)c(C)c1. The highest BCUT2D eigenvalue weighted by molar-refractivity contribution is 6.42. The topological polar surface area (TPSA) is 0 Å². The fourth-order valence-electron chi connectivity index (χ4n) is 2.16. The Morgan fingerprint density at radius 3 is 2.32 bits per heavy atom. The van der Waals surface area contributed by atoms with Crippen molar-refractivity contribution in [3.63, 3.8) is 0 Å². The summed E-state index contributed by atoms with van der Waals surface area (Å²) in [5.41, 5.74) is 4.73. The van der Waals surface area contributed by atoms with E-state index in [1.54, 1.807) is 0 Å². The second-order valence-electron chi connectivity index (χ2n) is 4.78. The van der Waals surface area contributed by atoms with E-state index in [1.807, 2.05) is 18.2 Å². The zero-order chi connectivity index (χ0) is 14.0. The van der Waals surface area contributed by atoms with E-state index < -0.39 is 0 Å². The van der Waals surface area contributed by atoms with Crippen molar-refractivity contribution in [3.8, 4) is 0 Å². The molecule has 3 heteroatoms. The summed E-state index contributed by atoms with van der Waals surface area (Å²) >= 11 is 18.4. The lowest BCUT2D eigenvalue weighted by Crippen LogP contribution is -1.99. The van der Waals surface area contributed by atoms with Gasteiger partial charge in [0.1, 0.15) is 0 Å². The van der Waals surface area contributed by atoms with Crippen molar-refractivity contribution >= 4 is 34.8 Å². The molecule has 0 amide bonds. The Bertz CT molecular complexity index is 591. The van der Waals surface area contributed by atoms with Crippen molar-refractivity contribution in [2.45, 2.75) is 25.6 Å². The van der Waals surface area contributed by atoms with Crippen LogP contribution in [0.4, 0.5) is 0 Å². The number of rotatable bonds is 3. The molecule has 2 aromatic rings. The van der Waals surface area contributed by atoms with Gasteiger partial charge in [0.15, 0.2) is 0 Å². The van der Waals surface area contributed by atoms with Gasteiger partial charge in [0.25, 0.3) is 0 Å². The second kappa shape index (κ2) is 6.17. The summed E-state index contributed by atoms with van der Waals surface area (Å²) in [5.74, 6) is 0. The molecule has 0 aliphatic carbocycles. The van der Waals surface area contributed by atoms with Gasteiger partial charge >= 0.3 is 0 Å². The van der Waals surface area contributed by atoms with E-state index in [1.165, 1.54) is 16.7 Å². The quantitative estimate of drug-likeness (QED) is 0.598. The monoisotopic (exact) mass is 312 g/mol. The predicted octanol–water partition coefficient (Wildman–Crippen LogP) is 6.13. The van der Waals surface area contributed by atoms with Crippen molar-refractivity contribution in [3.05, 3.63) is 68.7 Å². The van der Waals surface area contributed by atoms with Gasteiger partial charge in [-0.3, -0.25) is 0 Å². The third-order valence-electron chi connectivity index (χ3n) is 3.16. The molecule has 0 nitrogen and oxygen atoms in total. The lowest BCUT2D eigenvalue weighted by molar-refractivity contribution is 0.909. The van der Waals surface area contributed by atoms with Crippen LogP contribution in [0.3, 0.4) is 0 Å².